The standard InChI is InChI=1S/C50H29N5.C49H31N3/c1-2-11-32(12-3-1)48-52-49(54-50(53-48)36-20-19-30-10-4-5-13-34(30)28-36)33-21-24-37(25-22-33)55-42-26-23-31-14-8-18-40-38-16-6-7-17-39(38)41-29-35-15-9-27-51-46(35)47(55)44(41)45(42)43(31)40;1-3-13-36(14-4-1)51(37-15-5-2-6-16-37)38-25-20-32(21-26-38)33-22-27-39(28-23-33)52-44-29-24-34-11-9-19-42-40-17-7-8-18-41(40)43-31-35-12-10-30-50-48(35)49(52)46(43)47(44)45(34)42/h1-29H;1-31H. The van der Waals surface area contributed by atoms with Gasteiger partial charge in [0.25, 0.3) is 0 Å². The summed E-state index contributed by atoms with van der Waals surface area (Å²) in [6.07, 6.45) is 3.83. The summed E-state index contributed by atoms with van der Waals surface area (Å²) in [7, 11) is 0. The van der Waals surface area contributed by atoms with Gasteiger partial charge in [0.1, 0.15) is 0 Å². The van der Waals surface area contributed by atoms with Crippen LogP contribution in [-0.4, -0.2) is 34.1 Å². The van der Waals surface area contributed by atoms with E-state index in [1.807, 2.05) is 54.9 Å². The summed E-state index contributed by atoms with van der Waals surface area (Å²) < 4.78 is 4.85. The van der Waals surface area contributed by atoms with Crippen LogP contribution in [0.1, 0.15) is 0 Å². The molecule has 0 unspecified atom stereocenters. The highest BCUT2D eigenvalue weighted by atomic mass is 15.1. The lowest BCUT2D eigenvalue weighted by Crippen LogP contribution is -2.09. The van der Waals surface area contributed by atoms with Crippen molar-refractivity contribution in [2.24, 2.45) is 0 Å². The van der Waals surface area contributed by atoms with Crippen LogP contribution in [0.15, 0.2) is 364 Å². The zero-order valence-electron chi connectivity index (χ0n) is 57.7. The highest BCUT2D eigenvalue weighted by Gasteiger charge is 2.30. The highest BCUT2D eigenvalue weighted by molar-refractivity contribution is 6.35. The van der Waals surface area contributed by atoms with E-state index >= 15 is 0 Å². The Balaban J connectivity index is 0.000000133. The largest absolute Gasteiger partial charge is 0.311 e. The van der Waals surface area contributed by atoms with E-state index in [1.165, 1.54) is 110 Å². The van der Waals surface area contributed by atoms with E-state index in [-0.39, 0.29) is 0 Å². The fraction of sp³-hybridized carbons (Fsp3) is 0. The Bertz CT molecular complexity index is 7170. The maximum Gasteiger partial charge on any atom is 0.164 e. The summed E-state index contributed by atoms with van der Waals surface area (Å²) in [5.41, 5.74) is 27.4. The van der Waals surface area contributed by atoms with Crippen LogP contribution in [0.3, 0.4) is 0 Å². The number of rotatable bonds is 9. The van der Waals surface area contributed by atoms with Crippen LogP contribution >= 0.6 is 0 Å². The predicted molar refractivity (Wildman–Crippen MR) is 443 cm³/mol. The summed E-state index contributed by atoms with van der Waals surface area (Å²) in [6.45, 7) is 0. The van der Waals surface area contributed by atoms with Gasteiger partial charge in [0.05, 0.1) is 33.1 Å². The van der Waals surface area contributed by atoms with Crippen LogP contribution in [0, 0.1) is 0 Å². The van der Waals surface area contributed by atoms with Crippen molar-refractivity contribution >= 4 is 115 Å². The SMILES string of the molecule is c1ccc(-c2nc(-c3ccc(-n4c5ccc6cccc7c6c5c5c(cc6cccnc6c54)-c4ccccc4-7)cc3)nc(-c3ccc4ccccc4c3)n2)cc1.c1ccc(N(c2ccccc2)c2ccc(-c3ccc(-n4c5ccc6cccc7c6c5c5c(cc6cccnc6c54)-c4ccccc4-7)cc3)cc2)cc1. The lowest BCUT2D eigenvalue weighted by molar-refractivity contribution is 1.07. The van der Waals surface area contributed by atoms with E-state index in [2.05, 4.69) is 323 Å². The smallest absolute Gasteiger partial charge is 0.164 e. The molecule has 23 rings (SSSR count). The molecule has 496 valence electrons. The molecule has 0 radical (unpaired) electrons. The van der Waals surface area contributed by atoms with Gasteiger partial charge in [-0.25, -0.2) is 15.0 Å². The molecule has 0 fully saturated rings. The molecular formula is C99H60N8. The van der Waals surface area contributed by atoms with Crippen molar-refractivity contribution in [3.05, 3.63) is 364 Å². The van der Waals surface area contributed by atoms with Gasteiger partial charge in [-0.05, 0) is 203 Å². The number of anilines is 3. The third kappa shape index (κ3) is 9.53. The Labute approximate surface area is 615 Å². The van der Waals surface area contributed by atoms with Crippen LogP contribution in [0.25, 0.3) is 199 Å². The molecule has 0 saturated heterocycles. The molecule has 5 heterocycles. The zero-order valence-corrected chi connectivity index (χ0v) is 57.7. The van der Waals surface area contributed by atoms with Crippen LogP contribution in [-0.2, 0) is 0 Å². The number of benzene rings is 16. The van der Waals surface area contributed by atoms with Gasteiger partial charge < -0.3 is 14.0 Å². The van der Waals surface area contributed by atoms with E-state index in [9.17, 15) is 0 Å². The van der Waals surface area contributed by atoms with E-state index < -0.39 is 0 Å². The monoisotopic (exact) mass is 1360 g/mol. The van der Waals surface area contributed by atoms with Gasteiger partial charge in [-0.3, -0.25) is 9.97 Å². The lowest BCUT2D eigenvalue weighted by Gasteiger charge is -2.25. The van der Waals surface area contributed by atoms with E-state index in [0.29, 0.717) is 17.5 Å². The first-order chi connectivity index (χ1) is 53.1. The van der Waals surface area contributed by atoms with Gasteiger partial charge in [0, 0.05) is 89.8 Å². The summed E-state index contributed by atoms with van der Waals surface area (Å²) in [5, 5.41) is 14.7. The van der Waals surface area contributed by atoms with Crippen molar-refractivity contribution in [1.82, 2.24) is 34.1 Å². The van der Waals surface area contributed by atoms with Crippen LogP contribution < -0.4 is 4.90 Å². The van der Waals surface area contributed by atoms with Crippen molar-refractivity contribution in [3.63, 3.8) is 0 Å². The number of aromatic nitrogens is 7. The number of para-hydroxylation sites is 2. The Morgan fingerprint density at radius 1 is 0.215 bits per heavy atom. The van der Waals surface area contributed by atoms with Crippen LogP contribution in [0.2, 0.25) is 0 Å². The number of nitrogens with zero attached hydrogens (tertiary/aromatic N) is 8. The quantitative estimate of drug-likeness (QED) is 0.143. The lowest BCUT2D eigenvalue weighted by atomic mass is 9.93. The Kier molecular flexibility index (Phi) is 13.5. The van der Waals surface area contributed by atoms with Crippen molar-refractivity contribution in [2.75, 3.05) is 4.90 Å². The first-order valence-electron chi connectivity index (χ1n) is 36.4. The average Bonchev–Trinajstić information content (AvgIpc) is 1.54. The van der Waals surface area contributed by atoms with Crippen molar-refractivity contribution < 1.29 is 0 Å². The summed E-state index contributed by atoms with van der Waals surface area (Å²) in [6, 6.07) is 126. The van der Waals surface area contributed by atoms with Gasteiger partial charge in [0.2, 0.25) is 0 Å². The second-order valence-electron chi connectivity index (χ2n) is 27.8. The number of pyridine rings is 2. The minimum absolute atomic E-state index is 0.627. The fourth-order valence-electron chi connectivity index (χ4n) is 17.2. The van der Waals surface area contributed by atoms with Crippen molar-refractivity contribution in [3.8, 4) is 101 Å². The molecule has 8 heteroatoms. The molecule has 2 aliphatic rings. The average molecular weight is 1360 g/mol. The van der Waals surface area contributed by atoms with Crippen LogP contribution in [0.4, 0.5) is 17.1 Å². The van der Waals surface area contributed by atoms with E-state index in [0.717, 1.165) is 88.9 Å². The molecule has 16 aromatic carbocycles. The summed E-state index contributed by atoms with van der Waals surface area (Å²) in [4.78, 5) is 27.5. The van der Waals surface area contributed by atoms with Gasteiger partial charge in [-0.15, -0.1) is 0 Å². The summed E-state index contributed by atoms with van der Waals surface area (Å²) in [5.74, 6) is 1.91. The second kappa shape index (κ2) is 24.1. The Morgan fingerprint density at radius 3 is 1.08 bits per heavy atom. The van der Waals surface area contributed by atoms with Gasteiger partial charge in [0.15, 0.2) is 17.5 Å². The maximum atomic E-state index is 5.08. The van der Waals surface area contributed by atoms with E-state index in [1.54, 1.807) is 0 Å². The molecule has 0 N–H and O–H groups in total. The summed E-state index contributed by atoms with van der Waals surface area (Å²) >= 11 is 0. The molecule has 8 nitrogen and oxygen atoms in total. The first-order valence-corrected chi connectivity index (χ1v) is 36.4. The van der Waals surface area contributed by atoms with Crippen molar-refractivity contribution in [2.45, 2.75) is 0 Å². The molecule has 107 heavy (non-hydrogen) atoms. The predicted octanol–water partition coefficient (Wildman–Crippen LogP) is 25.7. The van der Waals surface area contributed by atoms with Crippen LogP contribution in [0.5, 0.6) is 0 Å². The number of fused-ring (bicyclic) bond motifs is 11. The molecule has 5 aromatic heterocycles. The Morgan fingerprint density at radius 2 is 0.579 bits per heavy atom. The second-order valence-corrected chi connectivity index (χ2v) is 27.8. The first kappa shape index (κ1) is 60.1. The van der Waals surface area contributed by atoms with Gasteiger partial charge in [-0.1, -0.05) is 237 Å². The highest BCUT2D eigenvalue weighted by Crippen LogP contribution is 2.54. The molecule has 0 amide bonds. The molecule has 0 saturated carbocycles. The molecule has 0 atom stereocenters. The third-order valence-corrected chi connectivity index (χ3v) is 21.9. The fourth-order valence-corrected chi connectivity index (χ4v) is 17.2. The third-order valence-electron chi connectivity index (χ3n) is 21.9. The number of hydrogen-bond donors (Lipinski definition) is 0. The minimum Gasteiger partial charge on any atom is -0.311 e. The van der Waals surface area contributed by atoms with E-state index in [4.69, 9.17) is 24.9 Å². The molecule has 2 aliphatic carbocycles. The Hall–Kier alpha value is -14.5. The molecule has 0 aliphatic heterocycles. The molecule has 0 spiro atoms. The van der Waals surface area contributed by atoms with Gasteiger partial charge in [-0.2, -0.15) is 0 Å². The zero-order chi connectivity index (χ0) is 70.2. The normalized spacial score (nSPS) is 11.9. The van der Waals surface area contributed by atoms with Gasteiger partial charge >= 0.3 is 0 Å². The minimum atomic E-state index is 0.627. The molecule has 0 bridgehead atoms. The molecule has 21 aromatic rings. The van der Waals surface area contributed by atoms with Crippen molar-refractivity contribution in [1.29, 1.82) is 0 Å². The number of hydrogen-bond acceptors (Lipinski definition) is 6. The maximum absolute atomic E-state index is 5.08. The topological polar surface area (TPSA) is 77.5 Å². The molecular weight excluding hydrogens is 1300 g/mol.